The number of aliphatic hydroxyl groups excluding tert-OH is 2. The zero-order chi connectivity index (χ0) is 29.4. The van der Waals surface area contributed by atoms with Crippen LogP contribution in [0.2, 0.25) is 0 Å². The van der Waals surface area contributed by atoms with Crippen LogP contribution in [0.3, 0.4) is 0 Å². The number of rotatable bonds is 5. The van der Waals surface area contributed by atoms with Crippen molar-refractivity contribution in [2.75, 3.05) is 24.6 Å². The predicted octanol–water partition coefficient (Wildman–Crippen LogP) is 4.62. The number of anilines is 1. The Balaban J connectivity index is 1.15. The van der Waals surface area contributed by atoms with Crippen LogP contribution in [-0.4, -0.2) is 53.6 Å². The first-order chi connectivity index (χ1) is 20.1. The van der Waals surface area contributed by atoms with Crippen LogP contribution in [0.1, 0.15) is 70.8 Å². The lowest BCUT2D eigenvalue weighted by atomic mass is 9.44. The van der Waals surface area contributed by atoms with E-state index in [2.05, 4.69) is 43.0 Å². The molecule has 1 heterocycles. The lowest BCUT2D eigenvalue weighted by Crippen LogP contribution is -2.60. The van der Waals surface area contributed by atoms with Crippen LogP contribution in [0.4, 0.5) is 5.69 Å². The molecule has 5 aliphatic carbocycles. The molecule has 8 atom stereocenters. The van der Waals surface area contributed by atoms with Crippen LogP contribution >= 0.6 is 0 Å². The normalized spacial score (nSPS) is 44.2. The minimum atomic E-state index is -0.673. The van der Waals surface area contributed by atoms with Gasteiger partial charge < -0.3 is 20.8 Å². The van der Waals surface area contributed by atoms with Gasteiger partial charge in [-0.3, -0.25) is 9.59 Å². The summed E-state index contributed by atoms with van der Waals surface area (Å²) < 4.78 is 0. The summed E-state index contributed by atoms with van der Waals surface area (Å²) in [6.45, 7) is 5.41. The quantitative estimate of drug-likeness (QED) is 0.476. The van der Waals surface area contributed by atoms with Crippen molar-refractivity contribution in [3.8, 4) is 0 Å². The summed E-state index contributed by atoms with van der Waals surface area (Å²) in [6.07, 6.45) is 14.1. The first kappa shape index (κ1) is 28.5. The molecule has 1 aromatic rings. The van der Waals surface area contributed by atoms with E-state index in [1.807, 2.05) is 6.08 Å². The molecule has 0 bridgehead atoms. The van der Waals surface area contributed by atoms with Gasteiger partial charge in [0, 0.05) is 36.2 Å². The number of carbonyl (C=O) groups excluding carboxylic acids is 2. The minimum absolute atomic E-state index is 0.0450. The molecule has 5 fully saturated rings. The molecule has 6 aliphatic rings. The molecule has 0 radical (unpaired) electrons. The number of nitrogens with two attached hydrogens (primary N) is 1. The maximum absolute atomic E-state index is 13.9. The molecule has 1 aliphatic heterocycles. The van der Waals surface area contributed by atoms with Gasteiger partial charge in [-0.15, -0.1) is 0 Å². The second-order valence-electron chi connectivity index (χ2n) is 15.2. The highest BCUT2D eigenvalue weighted by atomic mass is 16.3. The van der Waals surface area contributed by atoms with Gasteiger partial charge in [0.05, 0.1) is 11.5 Å². The third kappa shape index (κ3) is 4.07. The molecular weight excluding hydrogens is 524 g/mol. The third-order valence-electron chi connectivity index (χ3n) is 13.4. The number of aliphatic hydroxyl groups is 2. The fraction of sp³-hybridized carbons (Fsp3) is 0.667. The molecule has 4 N–H and O–H groups in total. The number of ketones is 2. The molecule has 6 nitrogen and oxygen atoms in total. The van der Waals surface area contributed by atoms with Crippen LogP contribution in [0.5, 0.6) is 0 Å². The van der Waals surface area contributed by atoms with Crippen LogP contribution in [0.15, 0.2) is 48.1 Å². The van der Waals surface area contributed by atoms with E-state index in [0.717, 1.165) is 56.3 Å². The van der Waals surface area contributed by atoms with Crippen molar-refractivity contribution in [2.45, 2.75) is 83.8 Å². The summed E-state index contributed by atoms with van der Waals surface area (Å²) in [5.41, 5.74) is 8.40. The van der Waals surface area contributed by atoms with Crippen molar-refractivity contribution in [3.05, 3.63) is 53.6 Å². The Bertz CT molecular complexity index is 1310. The average Bonchev–Trinajstić information content (AvgIpc) is 3.47. The number of Topliss-reactive ketones (excluding diaryl/α,β-unsaturated/α-hetero) is 1. The molecule has 1 saturated heterocycles. The molecule has 0 amide bonds. The third-order valence-corrected chi connectivity index (χ3v) is 13.4. The van der Waals surface area contributed by atoms with Crippen molar-refractivity contribution >= 4 is 17.3 Å². The summed E-state index contributed by atoms with van der Waals surface area (Å²) in [6, 6.07) is 9.33. The fourth-order valence-electron chi connectivity index (χ4n) is 11.3. The van der Waals surface area contributed by atoms with Gasteiger partial charge >= 0.3 is 0 Å². The molecule has 226 valence electrons. The molecule has 0 unspecified atom stereocenters. The number of carbonyl (C=O) groups is 2. The SMILES string of the molecule is C[C@]12C=CC(=O)C=C1CC[C@@H]1[C@@H]2[C@@H](O)C[C@@]2(C)[C@H]1C[C@H]1CN(c3ccc(CC4CCC(N)CC4)cc3)C[C@]12C(=O)CO. The zero-order valence-electron chi connectivity index (χ0n) is 25.3. The minimum Gasteiger partial charge on any atom is -0.393 e. The highest BCUT2D eigenvalue weighted by Gasteiger charge is 2.73. The molecule has 1 aromatic carbocycles. The van der Waals surface area contributed by atoms with E-state index >= 15 is 0 Å². The van der Waals surface area contributed by atoms with E-state index in [1.54, 1.807) is 12.2 Å². The van der Waals surface area contributed by atoms with Gasteiger partial charge in [0.15, 0.2) is 11.6 Å². The molecule has 7 rings (SSSR count). The van der Waals surface area contributed by atoms with E-state index in [-0.39, 0.29) is 40.2 Å². The number of nitrogens with zero attached hydrogens (tertiary/aromatic N) is 1. The highest BCUT2D eigenvalue weighted by molar-refractivity contribution is 6.01. The second kappa shape index (κ2) is 10.1. The second-order valence-corrected chi connectivity index (χ2v) is 15.2. The maximum atomic E-state index is 13.9. The van der Waals surface area contributed by atoms with E-state index in [0.29, 0.717) is 30.8 Å². The summed E-state index contributed by atoms with van der Waals surface area (Å²) in [7, 11) is 0. The van der Waals surface area contributed by atoms with Crippen molar-refractivity contribution in [1.82, 2.24) is 0 Å². The van der Waals surface area contributed by atoms with Gasteiger partial charge in [0.2, 0.25) is 0 Å². The fourth-order valence-corrected chi connectivity index (χ4v) is 11.3. The molecule has 0 aromatic heterocycles. The summed E-state index contributed by atoms with van der Waals surface area (Å²) in [5, 5.41) is 22.2. The van der Waals surface area contributed by atoms with E-state index < -0.39 is 18.1 Å². The Hall–Kier alpha value is -2.28. The smallest absolute Gasteiger partial charge is 0.178 e. The Morgan fingerprint density at radius 3 is 2.55 bits per heavy atom. The Kier molecular flexibility index (Phi) is 6.88. The summed E-state index contributed by atoms with van der Waals surface area (Å²) in [5.74, 6) is 1.50. The van der Waals surface area contributed by atoms with Gasteiger partial charge in [-0.25, -0.2) is 0 Å². The Morgan fingerprint density at radius 2 is 1.83 bits per heavy atom. The van der Waals surface area contributed by atoms with Crippen molar-refractivity contribution in [2.24, 2.45) is 51.6 Å². The molecular formula is C36H48N2O4. The number of benzene rings is 1. The van der Waals surface area contributed by atoms with Crippen LogP contribution in [-0.2, 0) is 16.0 Å². The molecule has 6 heteroatoms. The van der Waals surface area contributed by atoms with E-state index in [4.69, 9.17) is 5.73 Å². The summed E-state index contributed by atoms with van der Waals surface area (Å²) in [4.78, 5) is 28.5. The molecule has 4 saturated carbocycles. The topological polar surface area (TPSA) is 104 Å². The van der Waals surface area contributed by atoms with Gasteiger partial charge in [-0.1, -0.05) is 37.6 Å². The highest BCUT2D eigenvalue weighted by Crippen LogP contribution is 2.72. The lowest BCUT2D eigenvalue weighted by Gasteiger charge is -2.60. The van der Waals surface area contributed by atoms with Crippen molar-refractivity contribution < 1.29 is 19.8 Å². The van der Waals surface area contributed by atoms with Crippen molar-refractivity contribution in [1.29, 1.82) is 0 Å². The number of hydrogen-bond acceptors (Lipinski definition) is 6. The molecule has 42 heavy (non-hydrogen) atoms. The van der Waals surface area contributed by atoms with Crippen LogP contribution in [0, 0.1) is 45.8 Å². The number of hydrogen-bond donors (Lipinski definition) is 3. The first-order valence-electron chi connectivity index (χ1n) is 16.4. The van der Waals surface area contributed by atoms with Gasteiger partial charge in [0.25, 0.3) is 0 Å². The number of fused-ring (bicyclic) bond motifs is 7. The number of allylic oxidation sites excluding steroid dienone is 4. The van der Waals surface area contributed by atoms with Crippen molar-refractivity contribution in [3.63, 3.8) is 0 Å². The van der Waals surface area contributed by atoms with Gasteiger partial charge in [0.1, 0.15) is 6.61 Å². The Morgan fingerprint density at radius 1 is 1.10 bits per heavy atom. The monoisotopic (exact) mass is 572 g/mol. The van der Waals surface area contributed by atoms with Gasteiger partial charge in [-0.2, -0.15) is 0 Å². The standard InChI is InChI=1S/C36H48N2O4/c1-34-14-13-28(40)16-24(34)7-12-29-30-17-25-19-38(21-36(25,32(42)20-39)35(30,2)18-31(41)33(29)34)27-10-5-23(6-11-27)15-22-3-8-26(37)9-4-22/h5-6,10-11,13-14,16,22,25-26,29-31,33,39,41H,3-4,7-9,12,15,17-21,37H2,1-2H3/t22?,25-,26?,29-,30-,31-,33+,34-,35-,36+/m0/s1. The molecule has 0 spiro atoms. The van der Waals surface area contributed by atoms with Crippen LogP contribution in [0.25, 0.3) is 0 Å². The van der Waals surface area contributed by atoms with E-state index in [1.165, 1.54) is 18.4 Å². The first-order valence-corrected chi connectivity index (χ1v) is 16.4. The average molecular weight is 573 g/mol. The largest absolute Gasteiger partial charge is 0.393 e. The van der Waals surface area contributed by atoms with Gasteiger partial charge in [-0.05, 0) is 117 Å². The Labute approximate surface area is 250 Å². The zero-order valence-corrected chi connectivity index (χ0v) is 25.3. The summed E-state index contributed by atoms with van der Waals surface area (Å²) >= 11 is 0. The lowest BCUT2D eigenvalue weighted by molar-refractivity contribution is -0.157. The predicted molar refractivity (Wildman–Crippen MR) is 164 cm³/mol. The maximum Gasteiger partial charge on any atom is 0.178 e. The van der Waals surface area contributed by atoms with Crippen LogP contribution < -0.4 is 10.6 Å². The van der Waals surface area contributed by atoms with E-state index in [9.17, 15) is 19.8 Å².